The van der Waals surface area contributed by atoms with Crippen LogP contribution in [-0.4, -0.2) is 18.1 Å². The summed E-state index contributed by atoms with van der Waals surface area (Å²) >= 11 is 0. The number of methoxy groups -OCH3 is 1. The van der Waals surface area contributed by atoms with Crippen LogP contribution in [0.4, 0.5) is 0 Å². The van der Waals surface area contributed by atoms with Crippen LogP contribution in [0.2, 0.25) is 0 Å². The van der Waals surface area contributed by atoms with E-state index in [0.717, 1.165) is 29.8 Å². The maximum atomic E-state index is 11.6. The SMILES string of the molecule is CCc1cc(CC)c(C(=O)OC)c(C)n1. The van der Waals surface area contributed by atoms with Gasteiger partial charge in [0.1, 0.15) is 0 Å². The first kappa shape index (κ1) is 11.7. The van der Waals surface area contributed by atoms with Crippen molar-refractivity contribution in [2.75, 3.05) is 7.11 Å². The van der Waals surface area contributed by atoms with Gasteiger partial charge in [0.05, 0.1) is 18.4 Å². The second-order valence-corrected chi connectivity index (χ2v) is 3.43. The molecule has 3 heteroatoms. The summed E-state index contributed by atoms with van der Waals surface area (Å²) in [5.74, 6) is -0.292. The number of pyridine rings is 1. The Morgan fingerprint density at radius 2 is 2.07 bits per heavy atom. The molecule has 0 unspecified atom stereocenters. The summed E-state index contributed by atoms with van der Waals surface area (Å²) in [7, 11) is 1.40. The predicted molar refractivity (Wildman–Crippen MR) is 59.1 cm³/mol. The molecular weight excluding hydrogens is 190 g/mol. The number of hydrogen-bond donors (Lipinski definition) is 0. The summed E-state index contributed by atoms with van der Waals surface area (Å²) in [4.78, 5) is 15.9. The zero-order valence-corrected chi connectivity index (χ0v) is 9.76. The van der Waals surface area contributed by atoms with E-state index in [1.807, 2.05) is 19.9 Å². The fourth-order valence-corrected chi connectivity index (χ4v) is 1.65. The van der Waals surface area contributed by atoms with Crippen LogP contribution < -0.4 is 0 Å². The van der Waals surface area contributed by atoms with Gasteiger partial charge in [-0.15, -0.1) is 0 Å². The molecule has 0 atom stereocenters. The van der Waals surface area contributed by atoms with Crippen molar-refractivity contribution in [1.29, 1.82) is 0 Å². The first-order valence-electron chi connectivity index (χ1n) is 5.21. The molecule has 1 rings (SSSR count). The molecule has 1 heterocycles. The average molecular weight is 207 g/mol. The number of carbonyl (C=O) groups excluding carboxylic acids is 1. The highest BCUT2D eigenvalue weighted by Gasteiger charge is 2.15. The minimum atomic E-state index is -0.292. The smallest absolute Gasteiger partial charge is 0.339 e. The topological polar surface area (TPSA) is 39.2 Å². The molecule has 3 nitrogen and oxygen atoms in total. The molecule has 0 saturated heterocycles. The van der Waals surface area contributed by atoms with Crippen molar-refractivity contribution in [1.82, 2.24) is 4.98 Å². The van der Waals surface area contributed by atoms with Crippen LogP contribution in [0, 0.1) is 6.92 Å². The fourth-order valence-electron chi connectivity index (χ4n) is 1.65. The van der Waals surface area contributed by atoms with E-state index in [1.54, 1.807) is 0 Å². The largest absolute Gasteiger partial charge is 0.465 e. The third-order valence-corrected chi connectivity index (χ3v) is 2.47. The van der Waals surface area contributed by atoms with Crippen molar-refractivity contribution in [3.8, 4) is 0 Å². The molecule has 82 valence electrons. The van der Waals surface area contributed by atoms with Crippen molar-refractivity contribution in [2.45, 2.75) is 33.6 Å². The summed E-state index contributed by atoms with van der Waals surface area (Å²) in [6.07, 6.45) is 1.70. The van der Waals surface area contributed by atoms with E-state index >= 15 is 0 Å². The van der Waals surface area contributed by atoms with Gasteiger partial charge in [-0.3, -0.25) is 4.98 Å². The lowest BCUT2D eigenvalue weighted by Crippen LogP contribution is -2.10. The number of esters is 1. The number of nitrogens with zero attached hydrogens (tertiary/aromatic N) is 1. The van der Waals surface area contributed by atoms with Gasteiger partial charge in [-0.1, -0.05) is 13.8 Å². The molecule has 1 aromatic heterocycles. The maximum absolute atomic E-state index is 11.6. The molecule has 0 aromatic carbocycles. The Bertz CT molecular complexity index is 372. The second kappa shape index (κ2) is 4.91. The molecule has 0 fully saturated rings. The van der Waals surface area contributed by atoms with Crippen molar-refractivity contribution >= 4 is 5.97 Å². The van der Waals surface area contributed by atoms with E-state index in [4.69, 9.17) is 4.74 Å². The summed E-state index contributed by atoms with van der Waals surface area (Å²) in [5.41, 5.74) is 3.43. The van der Waals surface area contributed by atoms with Crippen molar-refractivity contribution < 1.29 is 9.53 Å². The van der Waals surface area contributed by atoms with Gasteiger partial charge in [-0.25, -0.2) is 4.79 Å². The number of aromatic nitrogens is 1. The molecule has 0 spiro atoms. The molecule has 1 aromatic rings. The van der Waals surface area contributed by atoms with Gasteiger partial charge >= 0.3 is 5.97 Å². The van der Waals surface area contributed by atoms with Gasteiger partial charge in [0.15, 0.2) is 0 Å². The van der Waals surface area contributed by atoms with Crippen LogP contribution in [0.5, 0.6) is 0 Å². The number of ether oxygens (including phenoxy) is 1. The predicted octanol–water partition coefficient (Wildman–Crippen LogP) is 2.30. The number of hydrogen-bond acceptors (Lipinski definition) is 3. The highest BCUT2D eigenvalue weighted by atomic mass is 16.5. The Morgan fingerprint density at radius 1 is 1.40 bits per heavy atom. The Kier molecular flexibility index (Phi) is 3.83. The molecule has 0 radical (unpaired) electrons. The quantitative estimate of drug-likeness (QED) is 0.714. The summed E-state index contributed by atoms with van der Waals surface area (Å²) in [6.45, 7) is 5.93. The van der Waals surface area contributed by atoms with Crippen molar-refractivity contribution in [2.24, 2.45) is 0 Å². The van der Waals surface area contributed by atoms with E-state index in [2.05, 4.69) is 11.9 Å². The summed E-state index contributed by atoms with van der Waals surface area (Å²) in [5, 5.41) is 0. The Labute approximate surface area is 90.5 Å². The molecule has 0 aliphatic carbocycles. The third kappa shape index (κ3) is 2.35. The van der Waals surface area contributed by atoms with Gasteiger partial charge in [0.2, 0.25) is 0 Å². The van der Waals surface area contributed by atoms with Crippen LogP contribution >= 0.6 is 0 Å². The first-order chi connectivity index (χ1) is 7.13. The maximum Gasteiger partial charge on any atom is 0.339 e. The molecule has 15 heavy (non-hydrogen) atoms. The first-order valence-corrected chi connectivity index (χ1v) is 5.21. The number of carbonyl (C=O) groups is 1. The number of aryl methyl sites for hydroxylation is 3. The van der Waals surface area contributed by atoms with Gasteiger partial charge in [-0.05, 0) is 31.4 Å². The lowest BCUT2D eigenvalue weighted by molar-refractivity contribution is 0.0598. The van der Waals surface area contributed by atoms with Gasteiger partial charge < -0.3 is 4.74 Å². The molecule has 0 saturated carbocycles. The Morgan fingerprint density at radius 3 is 2.53 bits per heavy atom. The molecule has 0 bridgehead atoms. The molecule has 0 aliphatic rings. The van der Waals surface area contributed by atoms with Crippen LogP contribution in [0.25, 0.3) is 0 Å². The van der Waals surface area contributed by atoms with Crippen LogP contribution in [-0.2, 0) is 17.6 Å². The summed E-state index contributed by atoms with van der Waals surface area (Å²) in [6, 6.07) is 1.99. The van der Waals surface area contributed by atoms with Gasteiger partial charge in [0.25, 0.3) is 0 Å². The molecular formula is C12H17NO2. The van der Waals surface area contributed by atoms with E-state index < -0.39 is 0 Å². The molecule has 0 amide bonds. The minimum Gasteiger partial charge on any atom is -0.465 e. The number of rotatable bonds is 3. The summed E-state index contributed by atoms with van der Waals surface area (Å²) < 4.78 is 4.75. The second-order valence-electron chi connectivity index (χ2n) is 3.43. The average Bonchev–Trinajstić information content (AvgIpc) is 2.26. The molecule has 0 aliphatic heterocycles. The van der Waals surface area contributed by atoms with Crippen LogP contribution in [0.15, 0.2) is 6.07 Å². The van der Waals surface area contributed by atoms with E-state index in [9.17, 15) is 4.79 Å². The van der Waals surface area contributed by atoms with Crippen molar-refractivity contribution in [3.05, 3.63) is 28.6 Å². The monoisotopic (exact) mass is 207 g/mol. The van der Waals surface area contributed by atoms with Gasteiger partial charge in [0, 0.05) is 5.69 Å². The highest BCUT2D eigenvalue weighted by molar-refractivity contribution is 5.92. The normalized spacial score (nSPS) is 10.1. The highest BCUT2D eigenvalue weighted by Crippen LogP contribution is 2.16. The van der Waals surface area contributed by atoms with E-state index in [-0.39, 0.29) is 5.97 Å². The fraction of sp³-hybridized carbons (Fsp3) is 0.500. The van der Waals surface area contributed by atoms with Crippen molar-refractivity contribution in [3.63, 3.8) is 0 Å². The lowest BCUT2D eigenvalue weighted by Gasteiger charge is -2.10. The Balaban J connectivity index is 3.30. The van der Waals surface area contributed by atoms with Crippen LogP contribution in [0.3, 0.4) is 0 Å². The van der Waals surface area contributed by atoms with Gasteiger partial charge in [-0.2, -0.15) is 0 Å². The van der Waals surface area contributed by atoms with Crippen LogP contribution in [0.1, 0.15) is 41.2 Å². The molecule has 0 N–H and O–H groups in total. The third-order valence-electron chi connectivity index (χ3n) is 2.47. The van der Waals surface area contributed by atoms with E-state index in [0.29, 0.717) is 5.56 Å². The van der Waals surface area contributed by atoms with E-state index in [1.165, 1.54) is 7.11 Å². The zero-order chi connectivity index (χ0) is 11.4. The zero-order valence-electron chi connectivity index (χ0n) is 9.76. The Hall–Kier alpha value is -1.38. The standard InChI is InChI=1S/C12H17NO2/c1-5-9-7-10(6-2)13-8(3)11(9)12(14)15-4/h7H,5-6H2,1-4H3. The lowest BCUT2D eigenvalue weighted by atomic mass is 10.0. The minimum absolute atomic E-state index is 0.292.